The first-order chi connectivity index (χ1) is 14.2. The average molecular weight is 441 g/mol. The minimum Gasteiger partial charge on any atom is -0.612 e. The lowest BCUT2D eigenvalue weighted by atomic mass is 9.84. The average Bonchev–Trinajstić information content (AvgIpc) is 2.70. The Hall–Kier alpha value is -1.98. The van der Waals surface area contributed by atoms with Gasteiger partial charge in [-0.05, 0) is 72.0 Å². The van der Waals surface area contributed by atoms with Crippen molar-refractivity contribution in [3.8, 4) is 0 Å². The number of rotatable bonds is 9. The van der Waals surface area contributed by atoms with Crippen LogP contribution in [0.15, 0.2) is 106 Å². The van der Waals surface area contributed by atoms with Gasteiger partial charge >= 0.3 is 0 Å². The second kappa shape index (κ2) is 12.7. The van der Waals surface area contributed by atoms with Crippen molar-refractivity contribution in [2.75, 3.05) is 12.5 Å². The zero-order valence-electron chi connectivity index (χ0n) is 18.8. The molecule has 1 rings (SSSR count). The molecule has 0 bridgehead atoms. The van der Waals surface area contributed by atoms with E-state index in [4.69, 9.17) is 0 Å². The van der Waals surface area contributed by atoms with E-state index in [0.717, 1.165) is 43.2 Å². The van der Waals surface area contributed by atoms with Gasteiger partial charge < -0.3 is 9.11 Å². The molecule has 0 fully saturated rings. The van der Waals surface area contributed by atoms with Crippen LogP contribution in [-0.2, 0) is 22.4 Å². The Morgan fingerprint density at radius 1 is 0.967 bits per heavy atom. The van der Waals surface area contributed by atoms with Gasteiger partial charge in [0.15, 0.2) is 4.90 Å². The molecule has 2 atom stereocenters. The van der Waals surface area contributed by atoms with Crippen molar-refractivity contribution >= 4 is 27.9 Å². The Morgan fingerprint density at radius 2 is 1.57 bits per heavy atom. The predicted octanol–water partition coefficient (Wildman–Crippen LogP) is 6.67. The lowest BCUT2D eigenvalue weighted by Gasteiger charge is -2.22. The Bertz CT molecular complexity index is 922. The smallest absolute Gasteiger partial charge is 0.160 e. The van der Waals surface area contributed by atoms with Crippen LogP contribution in [0, 0.1) is 0 Å². The van der Waals surface area contributed by atoms with Crippen molar-refractivity contribution in [2.24, 2.45) is 0 Å². The zero-order chi connectivity index (χ0) is 22.8. The molecule has 0 aliphatic heterocycles. The second-order valence-corrected chi connectivity index (χ2v) is 9.75. The summed E-state index contributed by atoms with van der Waals surface area (Å²) in [6.45, 7) is 15.7. The molecule has 1 aromatic carbocycles. The molecular formula is C26H32O2S2. The standard InChI is InChI=1S/C26H32O2S2/c1-9-14-21(20(6)29(7)27)23(15-10-2)26(19(4)5)24(16-11-3)22-17-12-13-18-25(22)30(8)28/h9-18H,2-3H2,1,4-8H3/b14-9-,21-20-,23-15-,24-16-. The van der Waals surface area contributed by atoms with Gasteiger partial charge in [-0.3, -0.25) is 0 Å². The van der Waals surface area contributed by atoms with Gasteiger partial charge in [0, 0.05) is 18.1 Å². The molecule has 1 aromatic rings. The van der Waals surface area contributed by atoms with Gasteiger partial charge in [0.1, 0.15) is 17.4 Å². The van der Waals surface area contributed by atoms with Crippen LogP contribution in [0.3, 0.4) is 0 Å². The molecule has 0 heterocycles. The highest BCUT2D eigenvalue weighted by atomic mass is 32.2. The number of benzene rings is 1. The molecule has 0 amide bonds. The van der Waals surface area contributed by atoms with Crippen LogP contribution in [0.25, 0.3) is 5.57 Å². The van der Waals surface area contributed by atoms with Crippen molar-refractivity contribution in [3.63, 3.8) is 0 Å². The molecule has 0 aliphatic carbocycles. The maximum atomic E-state index is 12.4. The van der Waals surface area contributed by atoms with Gasteiger partial charge in [0.05, 0.1) is 0 Å². The minimum absolute atomic E-state index is 0.759. The maximum Gasteiger partial charge on any atom is 0.160 e. The SMILES string of the molecule is C=C/C=C(C(=C(C)C)/C(=C\C=C)c1ccccc1[S+](C)[O-])/C(/C=C\C)=C(/C)[S+](C)[O-]. The summed E-state index contributed by atoms with van der Waals surface area (Å²) in [7, 11) is 0. The van der Waals surface area contributed by atoms with E-state index in [1.54, 1.807) is 24.7 Å². The van der Waals surface area contributed by atoms with Crippen molar-refractivity contribution in [1.82, 2.24) is 0 Å². The van der Waals surface area contributed by atoms with E-state index in [2.05, 4.69) is 13.2 Å². The van der Waals surface area contributed by atoms with Gasteiger partial charge in [-0.2, -0.15) is 0 Å². The summed E-state index contributed by atoms with van der Waals surface area (Å²) >= 11 is -2.28. The van der Waals surface area contributed by atoms with Crippen LogP contribution < -0.4 is 0 Å². The van der Waals surface area contributed by atoms with E-state index in [1.165, 1.54) is 0 Å². The molecular weight excluding hydrogens is 408 g/mol. The normalized spacial score (nSPS) is 15.5. The molecule has 0 saturated heterocycles. The molecule has 2 unspecified atom stereocenters. The Kier molecular flexibility index (Phi) is 11.0. The molecule has 0 spiro atoms. The van der Waals surface area contributed by atoms with Crippen molar-refractivity contribution in [2.45, 2.75) is 32.6 Å². The van der Waals surface area contributed by atoms with Gasteiger partial charge in [0.25, 0.3) is 0 Å². The molecule has 0 aliphatic rings. The van der Waals surface area contributed by atoms with E-state index in [1.807, 2.05) is 76.3 Å². The first-order valence-corrected chi connectivity index (χ1v) is 12.8. The van der Waals surface area contributed by atoms with Gasteiger partial charge in [-0.1, -0.05) is 67.3 Å². The molecule has 4 heteroatoms. The Labute approximate surface area is 188 Å². The Morgan fingerprint density at radius 3 is 2.03 bits per heavy atom. The first kappa shape index (κ1) is 26.1. The lowest BCUT2D eigenvalue weighted by molar-refractivity contribution is 0.600. The van der Waals surface area contributed by atoms with Gasteiger partial charge in [0.2, 0.25) is 0 Å². The summed E-state index contributed by atoms with van der Waals surface area (Å²) in [5.74, 6) is 0. The van der Waals surface area contributed by atoms with Crippen molar-refractivity contribution in [3.05, 3.63) is 107 Å². The molecule has 160 valence electrons. The fourth-order valence-corrected chi connectivity index (χ4v) is 4.44. The largest absolute Gasteiger partial charge is 0.612 e. The topological polar surface area (TPSA) is 46.1 Å². The third-order valence-corrected chi connectivity index (χ3v) is 6.59. The molecule has 0 aromatic heterocycles. The zero-order valence-corrected chi connectivity index (χ0v) is 20.5. The highest BCUT2D eigenvalue weighted by molar-refractivity contribution is 7.94. The van der Waals surface area contributed by atoms with Crippen LogP contribution in [0.5, 0.6) is 0 Å². The molecule has 2 nitrogen and oxygen atoms in total. The van der Waals surface area contributed by atoms with Crippen molar-refractivity contribution < 1.29 is 9.11 Å². The van der Waals surface area contributed by atoms with E-state index in [0.29, 0.717) is 0 Å². The van der Waals surface area contributed by atoms with Crippen LogP contribution in [-0.4, -0.2) is 21.6 Å². The molecule has 30 heavy (non-hydrogen) atoms. The highest BCUT2D eigenvalue weighted by Gasteiger charge is 2.24. The predicted molar refractivity (Wildman–Crippen MR) is 135 cm³/mol. The fourth-order valence-electron chi connectivity index (χ4n) is 3.19. The summed E-state index contributed by atoms with van der Waals surface area (Å²) < 4.78 is 24.8. The minimum atomic E-state index is -1.15. The van der Waals surface area contributed by atoms with Crippen molar-refractivity contribution in [1.29, 1.82) is 0 Å². The van der Waals surface area contributed by atoms with E-state index >= 15 is 0 Å². The summed E-state index contributed by atoms with van der Waals surface area (Å²) in [6.07, 6.45) is 14.6. The van der Waals surface area contributed by atoms with Crippen LogP contribution in [0.4, 0.5) is 0 Å². The number of hydrogen-bond donors (Lipinski definition) is 0. The van der Waals surface area contributed by atoms with Crippen LogP contribution in [0.2, 0.25) is 0 Å². The summed E-state index contributed by atoms with van der Waals surface area (Å²) in [5.41, 5.74) is 5.66. The summed E-state index contributed by atoms with van der Waals surface area (Å²) in [5, 5.41) is 0. The molecule has 0 radical (unpaired) electrons. The number of allylic oxidation sites excluding steroid dienone is 12. The lowest BCUT2D eigenvalue weighted by Crippen LogP contribution is -2.08. The second-order valence-electron chi connectivity index (χ2n) is 6.88. The van der Waals surface area contributed by atoms with E-state index in [-0.39, 0.29) is 0 Å². The highest BCUT2D eigenvalue weighted by Crippen LogP contribution is 2.39. The summed E-state index contributed by atoms with van der Waals surface area (Å²) in [4.78, 5) is 1.54. The van der Waals surface area contributed by atoms with Crippen LogP contribution in [0.1, 0.15) is 33.3 Å². The van der Waals surface area contributed by atoms with Gasteiger partial charge in [-0.15, -0.1) is 0 Å². The maximum absolute atomic E-state index is 12.4. The third-order valence-electron chi connectivity index (χ3n) is 4.53. The van der Waals surface area contributed by atoms with Gasteiger partial charge in [-0.25, -0.2) is 0 Å². The fraction of sp³-hybridized carbons (Fsp3) is 0.231. The third kappa shape index (κ3) is 6.51. The van der Waals surface area contributed by atoms with Crippen LogP contribution >= 0.6 is 0 Å². The monoisotopic (exact) mass is 440 g/mol. The quantitative estimate of drug-likeness (QED) is 0.318. The summed E-state index contributed by atoms with van der Waals surface area (Å²) in [6, 6.07) is 7.70. The molecule has 0 saturated carbocycles. The molecule has 0 N–H and O–H groups in total. The van der Waals surface area contributed by atoms with E-state index < -0.39 is 22.4 Å². The van der Waals surface area contributed by atoms with E-state index in [9.17, 15) is 9.11 Å². The number of hydrogen-bond acceptors (Lipinski definition) is 2. The Balaban J connectivity index is 4.01. The first-order valence-electron chi connectivity index (χ1n) is 9.65.